The van der Waals surface area contributed by atoms with Gasteiger partial charge in [-0.2, -0.15) is 0 Å². The molecule has 1 aromatic carbocycles. The largest absolute Gasteiger partial charge is 0.491 e. The lowest BCUT2D eigenvalue weighted by atomic mass is 10.0. The van der Waals surface area contributed by atoms with Crippen molar-refractivity contribution in [3.8, 4) is 5.75 Å². The Morgan fingerprint density at radius 1 is 1.05 bits per heavy atom. The van der Waals surface area contributed by atoms with Crippen LogP contribution in [0.4, 0.5) is 0 Å². The second kappa shape index (κ2) is 7.93. The maximum atomic E-state index is 11.6. The summed E-state index contributed by atoms with van der Waals surface area (Å²) in [6, 6.07) is 8.27. The molecule has 1 aliphatic rings. The number of rotatable bonds is 0. The van der Waals surface area contributed by atoms with E-state index in [0.717, 1.165) is 25.1 Å². The fourth-order valence-corrected chi connectivity index (χ4v) is 2.69. The molecule has 0 spiro atoms. The first kappa shape index (κ1) is 14.9. The molecule has 3 nitrogen and oxygen atoms in total. The topological polar surface area (TPSA) is 29.5 Å². The van der Waals surface area contributed by atoms with Crippen molar-refractivity contribution in [3.63, 3.8) is 0 Å². The van der Waals surface area contributed by atoms with Crippen molar-refractivity contribution in [3.05, 3.63) is 29.8 Å². The average molecular weight is 275 g/mol. The minimum absolute atomic E-state index is 0.150. The fourth-order valence-electron chi connectivity index (χ4n) is 2.69. The number of ether oxygens (including phenoxy) is 1. The van der Waals surface area contributed by atoms with E-state index in [1.54, 1.807) is 6.92 Å². The van der Waals surface area contributed by atoms with Crippen LogP contribution in [-0.4, -0.2) is 30.5 Å². The maximum absolute atomic E-state index is 11.6. The molecular weight excluding hydrogens is 250 g/mol. The number of nitrogens with zero attached hydrogens (tertiary/aromatic N) is 1. The zero-order chi connectivity index (χ0) is 14.2. The Balaban J connectivity index is 2.02. The van der Waals surface area contributed by atoms with Crippen molar-refractivity contribution in [2.45, 2.75) is 45.4 Å². The van der Waals surface area contributed by atoms with Crippen molar-refractivity contribution in [1.82, 2.24) is 4.90 Å². The van der Waals surface area contributed by atoms with Crippen LogP contribution >= 0.6 is 0 Å². The van der Waals surface area contributed by atoms with Crippen molar-refractivity contribution in [2.75, 3.05) is 19.7 Å². The van der Waals surface area contributed by atoms with Gasteiger partial charge in [-0.1, -0.05) is 37.5 Å². The smallest absolute Gasteiger partial charge is 0.219 e. The van der Waals surface area contributed by atoms with E-state index in [1.807, 2.05) is 17.0 Å². The molecule has 0 saturated heterocycles. The SMILES string of the molecule is CC(=O)N1CCCCCCCc2ccccc2OCC1. The zero-order valence-electron chi connectivity index (χ0n) is 12.4. The molecule has 20 heavy (non-hydrogen) atoms. The summed E-state index contributed by atoms with van der Waals surface area (Å²) in [5, 5.41) is 0. The first-order valence-electron chi connectivity index (χ1n) is 7.73. The number of benzene rings is 1. The number of fused-ring (bicyclic) bond motifs is 1. The van der Waals surface area contributed by atoms with Gasteiger partial charge in [0, 0.05) is 13.5 Å². The predicted molar refractivity (Wildman–Crippen MR) is 81.0 cm³/mol. The summed E-state index contributed by atoms with van der Waals surface area (Å²) in [5.74, 6) is 1.13. The van der Waals surface area contributed by atoms with Crippen LogP contribution in [0.15, 0.2) is 24.3 Å². The molecule has 2 rings (SSSR count). The van der Waals surface area contributed by atoms with Crippen molar-refractivity contribution >= 4 is 5.91 Å². The van der Waals surface area contributed by atoms with Gasteiger partial charge in [-0.3, -0.25) is 4.79 Å². The van der Waals surface area contributed by atoms with Gasteiger partial charge in [0.2, 0.25) is 5.91 Å². The Morgan fingerprint density at radius 2 is 1.80 bits per heavy atom. The van der Waals surface area contributed by atoms with Gasteiger partial charge < -0.3 is 9.64 Å². The van der Waals surface area contributed by atoms with Crippen LogP contribution in [0.1, 0.15) is 44.6 Å². The van der Waals surface area contributed by atoms with Gasteiger partial charge in [0.05, 0.1) is 6.54 Å². The Labute approximate surface area is 121 Å². The third kappa shape index (κ3) is 4.55. The summed E-state index contributed by atoms with van der Waals surface area (Å²) >= 11 is 0. The lowest BCUT2D eigenvalue weighted by Crippen LogP contribution is -2.33. The predicted octanol–water partition coefficient (Wildman–Crippen LogP) is 3.42. The Bertz CT molecular complexity index is 431. The highest BCUT2D eigenvalue weighted by atomic mass is 16.5. The normalized spacial score (nSPS) is 17.9. The molecule has 0 aliphatic carbocycles. The first-order chi connectivity index (χ1) is 9.77. The average Bonchev–Trinajstić information content (AvgIpc) is 2.46. The van der Waals surface area contributed by atoms with E-state index in [2.05, 4.69) is 12.1 Å². The second-order valence-corrected chi connectivity index (χ2v) is 5.48. The van der Waals surface area contributed by atoms with Crippen molar-refractivity contribution in [2.24, 2.45) is 0 Å². The number of carbonyl (C=O) groups excluding carboxylic acids is 1. The highest BCUT2D eigenvalue weighted by Gasteiger charge is 2.10. The molecule has 0 fully saturated rings. The summed E-state index contributed by atoms with van der Waals surface area (Å²) in [4.78, 5) is 13.5. The minimum Gasteiger partial charge on any atom is -0.491 e. The third-order valence-corrected chi connectivity index (χ3v) is 3.91. The van der Waals surface area contributed by atoms with E-state index < -0.39 is 0 Å². The summed E-state index contributed by atoms with van der Waals surface area (Å²) in [5.41, 5.74) is 1.29. The van der Waals surface area contributed by atoms with Gasteiger partial charge in [-0.15, -0.1) is 0 Å². The van der Waals surface area contributed by atoms with Gasteiger partial charge in [-0.25, -0.2) is 0 Å². The number of carbonyl (C=O) groups is 1. The molecule has 110 valence electrons. The van der Waals surface area contributed by atoms with Crippen LogP contribution in [0.2, 0.25) is 0 Å². The van der Waals surface area contributed by atoms with Gasteiger partial charge in [0.25, 0.3) is 0 Å². The molecule has 1 amide bonds. The molecule has 0 unspecified atom stereocenters. The number of hydrogen-bond acceptors (Lipinski definition) is 2. The maximum Gasteiger partial charge on any atom is 0.219 e. The first-order valence-corrected chi connectivity index (χ1v) is 7.73. The van der Waals surface area contributed by atoms with E-state index in [1.165, 1.54) is 31.2 Å². The van der Waals surface area contributed by atoms with Gasteiger partial charge >= 0.3 is 0 Å². The third-order valence-electron chi connectivity index (χ3n) is 3.91. The lowest BCUT2D eigenvalue weighted by molar-refractivity contribution is -0.129. The molecule has 3 heteroatoms. The van der Waals surface area contributed by atoms with Crippen LogP contribution < -0.4 is 4.74 Å². The van der Waals surface area contributed by atoms with Crippen LogP contribution in [0.3, 0.4) is 0 Å². The molecule has 1 heterocycles. The quantitative estimate of drug-likeness (QED) is 0.726. The van der Waals surface area contributed by atoms with Gasteiger partial charge in [0.15, 0.2) is 0 Å². The molecule has 0 N–H and O–H groups in total. The molecule has 0 radical (unpaired) electrons. The van der Waals surface area contributed by atoms with E-state index in [-0.39, 0.29) is 5.91 Å². The minimum atomic E-state index is 0.150. The molecule has 0 atom stereocenters. The number of amides is 1. The summed E-state index contributed by atoms with van der Waals surface area (Å²) in [7, 11) is 0. The molecule has 0 saturated carbocycles. The van der Waals surface area contributed by atoms with Crippen molar-refractivity contribution < 1.29 is 9.53 Å². The van der Waals surface area contributed by atoms with Crippen LogP contribution in [-0.2, 0) is 11.2 Å². The fraction of sp³-hybridized carbons (Fsp3) is 0.588. The molecular formula is C17H25NO2. The summed E-state index contributed by atoms with van der Waals surface area (Å²) < 4.78 is 5.89. The summed E-state index contributed by atoms with van der Waals surface area (Å²) in [6.45, 7) is 3.77. The lowest BCUT2D eigenvalue weighted by Gasteiger charge is -2.21. The highest BCUT2D eigenvalue weighted by molar-refractivity contribution is 5.73. The van der Waals surface area contributed by atoms with Crippen LogP contribution in [0, 0.1) is 0 Å². The Morgan fingerprint density at radius 3 is 2.65 bits per heavy atom. The van der Waals surface area contributed by atoms with E-state index in [0.29, 0.717) is 13.2 Å². The standard InChI is InChI=1S/C17H25NO2/c1-15(19)18-12-8-4-2-3-5-9-16-10-6-7-11-17(16)20-14-13-18/h6-7,10-11H,2-5,8-9,12-14H2,1H3. The van der Waals surface area contributed by atoms with E-state index >= 15 is 0 Å². The molecule has 0 bridgehead atoms. The van der Waals surface area contributed by atoms with E-state index in [4.69, 9.17) is 4.74 Å². The monoisotopic (exact) mass is 275 g/mol. The molecule has 1 aromatic rings. The van der Waals surface area contributed by atoms with Gasteiger partial charge in [0.1, 0.15) is 12.4 Å². The van der Waals surface area contributed by atoms with Gasteiger partial charge in [-0.05, 0) is 30.9 Å². The zero-order valence-corrected chi connectivity index (χ0v) is 12.4. The van der Waals surface area contributed by atoms with Crippen LogP contribution in [0.25, 0.3) is 0 Å². The van der Waals surface area contributed by atoms with Crippen molar-refractivity contribution in [1.29, 1.82) is 0 Å². The molecule has 0 aromatic heterocycles. The van der Waals surface area contributed by atoms with Crippen LogP contribution in [0.5, 0.6) is 5.75 Å². The summed E-state index contributed by atoms with van der Waals surface area (Å²) in [6.07, 6.45) is 7.14. The Hall–Kier alpha value is -1.51. The molecule has 1 aliphatic heterocycles. The number of aryl methyl sites for hydroxylation is 1. The number of para-hydroxylation sites is 1. The highest BCUT2D eigenvalue weighted by Crippen LogP contribution is 2.21. The van der Waals surface area contributed by atoms with E-state index in [9.17, 15) is 4.79 Å². The second-order valence-electron chi connectivity index (χ2n) is 5.48. The number of hydrogen-bond donors (Lipinski definition) is 0. The Kier molecular flexibility index (Phi) is 5.90.